The first-order valence-electron chi connectivity index (χ1n) is 8.35. The van der Waals surface area contributed by atoms with E-state index in [1.165, 1.54) is 4.31 Å². The van der Waals surface area contributed by atoms with Gasteiger partial charge in [0.25, 0.3) is 0 Å². The van der Waals surface area contributed by atoms with Crippen molar-refractivity contribution in [3.63, 3.8) is 0 Å². The summed E-state index contributed by atoms with van der Waals surface area (Å²) in [5, 5.41) is 0.105. The number of sulfonamides is 1. The molecule has 1 aromatic carbocycles. The highest BCUT2D eigenvalue weighted by Crippen LogP contribution is 2.36. The Hall–Kier alpha value is -0.733. The highest BCUT2D eigenvalue weighted by atomic mass is 32.2. The normalized spacial score (nSPS) is 13.5. The minimum absolute atomic E-state index is 0.0417. The van der Waals surface area contributed by atoms with Gasteiger partial charge in [0.1, 0.15) is 0 Å². The molecule has 0 amide bonds. The van der Waals surface area contributed by atoms with Gasteiger partial charge in [0.2, 0.25) is 10.0 Å². The number of hydrogen-bond acceptors (Lipinski definition) is 4. The number of nitrogens with two attached hydrogens (primary N) is 1. The van der Waals surface area contributed by atoms with E-state index >= 15 is 0 Å². The van der Waals surface area contributed by atoms with Gasteiger partial charge < -0.3 is 10.2 Å². The summed E-state index contributed by atoms with van der Waals surface area (Å²) >= 11 is 0. The maximum Gasteiger partial charge on any atom is 0.215 e. The molecule has 0 unspecified atom stereocenters. The number of rotatable bonds is 9. The summed E-state index contributed by atoms with van der Waals surface area (Å²) in [6.45, 7) is 12.1. The molecule has 5 nitrogen and oxygen atoms in total. The fourth-order valence-corrected chi connectivity index (χ4v) is 4.29. The van der Waals surface area contributed by atoms with Crippen LogP contribution in [-0.2, 0) is 21.0 Å². The fourth-order valence-electron chi connectivity index (χ4n) is 2.00. The second kappa shape index (κ2) is 8.58. The van der Waals surface area contributed by atoms with Crippen LogP contribution < -0.4 is 5.73 Å². The van der Waals surface area contributed by atoms with Crippen molar-refractivity contribution in [2.75, 3.05) is 25.4 Å². The van der Waals surface area contributed by atoms with Crippen molar-refractivity contribution in [3.8, 4) is 0 Å². The van der Waals surface area contributed by atoms with Crippen LogP contribution in [0.1, 0.15) is 26.3 Å². The predicted octanol–water partition coefficient (Wildman–Crippen LogP) is 2.80. The Morgan fingerprint density at radius 2 is 1.75 bits per heavy atom. The average molecular weight is 373 g/mol. The summed E-state index contributed by atoms with van der Waals surface area (Å²) in [5.74, 6) is -0.0417. The van der Waals surface area contributed by atoms with E-state index in [9.17, 15) is 8.42 Å². The van der Waals surface area contributed by atoms with Crippen LogP contribution in [0, 0.1) is 0 Å². The van der Waals surface area contributed by atoms with Crippen LogP contribution in [0.5, 0.6) is 0 Å². The van der Waals surface area contributed by atoms with Crippen molar-refractivity contribution in [1.82, 2.24) is 4.31 Å². The van der Waals surface area contributed by atoms with Crippen molar-refractivity contribution in [2.24, 2.45) is 5.73 Å². The maximum atomic E-state index is 12.5. The number of benzene rings is 1. The molecule has 0 aromatic heterocycles. The van der Waals surface area contributed by atoms with Crippen molar-refractivity contribution < 1.29 is 12.8 Å². The molecule has 0 atom stereocenters. The van der Waals surface area contributed by atoms with Gasteiger partial charge in [-0.05, 0) is 23.7 Å². The van der Waals surface area contributed by atoms with Crippen LogP contribution in [0.15, 0.2) is 30.3 Å². The van der Waals surface area contributed by atoms with E-state index in [0.717, 1.165) is 5.56 Å². The SMILES string of the molecule is CC(C)(C)[Si](C)(C)OCCN(Cc1ccccc1)S(=O)(=O)CCN. The lowest BCUT2D eigenvalue weighted by Gasteiger charge is -2.36. The molecule has 0 radical (unpaired) electrons. The Bertz CT molecular complexity index is 598. The second-order valence-electron chi connectivity index (χ2n) is 7.53. The zero-order valence-electron chi connectivity index (χ0n) is 15.6. The molecule has 0 fully saturated rings. The molecule has 0 heterocycles. The third-order valence-electron chi connectivity index (χ3n) is 4.58. The van der Waals surface area contributed by atoms with Crippen LogP contribution in [0.25, 0.3) is 0 Å². The highest BCUT2D eigenvalue weighted by Gasteiger charge is 2.37. The van der Waals surface area contributed by atoms with E-state index in [2.05, 4.69) is 33.9 Å². The second-order valence-corrected chi connectivity index (χ2v) is 14.4. The molecule has 1 aromatic rings. The Morgan fingerprint density at radius 1 is 1.17 bits per heavy atom. The van der Waals surface area contributed by atoms with Crippen LogP contribution in [0.4, 0.5) is 0 Å². The van der Waals surface area contributed by atoms with Gasteiger partial charge >= 0.3 is 0 Å². The van der Waals surface area contributed by atoms with Gasteiger partial charge in [0.05, 0.1) is 5.75 Å². The highest BCUT2D eigenvalue weighted by molar-refractivity contribution is 7.89. The van der Waals surface area contributed by atoms with Crippen LogP contribution in [-0.4, -0.2) is 46.5 Å². The van der Waals surface area contributed by atoms with Gasteiger partial charge in [0.15, 0.2) is 8.32 Å². The third-order valence-corrected chi connectivity index (χ3v) is 11.0. The van der Waals surface area contributed by atoms with E-state index in [-0.39, 0.29) is 17.3 Å². The molecule has 0 spiro atoms. The molecule has 138 valence electrons. The predicted molar refractivity (Wildman–Crippen MR) is 103 cm³/mol. The van der Waals surface area contributed by atoms with Gasteiger partial charge in [0, 0.05) is 26.2 Å². The van der Waals surface area contributed by atoms with E-state index < -0.39 is 18.3 Å². The van der Waals surface area contributed by atoms with Crippen LogP contribution in [0.2, 0.25) is 18.1 Å². The molecule has 1 rings (SSSR count). The lowest BCUT2D eigenvalue weighted by molar-refractivity contribution is 0.250. The molecule has 0 aliphatic rings. The Labute approximate surface area is 148 Å². The molecule has 0 bridgehead atoms. The summed E-state index contributed by atoms with van der Waals surface area (Å²) in [5.41, 5.74) is 6.43. The fraction of sp³-hybridized carbons (Fsp3) is 0.647. The van der Waals surface area contributed by atoms with E-state index in [1.54, 1.807) is 0 Å². The smallest absolute Gasteiger partial charge is 0.215 e. The largest absolute Gasteiger partial charge is 0.415 e. The monoisotopic (exact) mass is 372 g/mol. The van der Waals surface area contributed by atoms with Gasteiger partial charge in [-0.25, -0.2) is 8.42 Å². The number of nitrogens with zero attached hydrogens (tertiary/aromatic N) is 1. The third kappa shape index (κ3) is 6.29. The summed E-state index contributed by atoms with van der Waals surface area (Å²) in [4.78, 5) is 0. The molecule has 2 N–H and O–H groups in total. The molecule has 0 aliphatic carbocycles. The number of hydrogen-bond donors (Lipinski definition) is 1. The average Bonchev–Trinajstić information content (AvgIpc) is 2.46. The molecule has 0 saturated carbocycles. The van der Waals surface area contributed by atoms with Crippen molar-refractivity contribution in [1.29, 1.82) is 0 Å². The Kier molecular flexibility index (Phi) is 7.62. The van der Waals surface area contributed by atoms with E-state index in [1.807, 2.05) is 30.3 Å². The topological polar surface area (TPSA) is 72.6 Å². The van der Waals surface area contributed by atoms with Gasteiger partial charge in [-0.3, -0.25) is 0 Å². The van der Waals surface area contributed by atoms with E-state index in [0.29, 0.717) is 19.7 Å². The molecule has 24 heavy (non-hydrogen) atoms. The molecule has 7 heteroatoms. The molecular formula is C17H32N2O3SSi. The van der Waals surface area contributed by atoms with Crippen LogP contribution in [0.3, 0.4) is 0 Å². The lowest BCUT2D eigenvalue weighted by Crippen LogP contribution is -2.44. The minimum atomic E-state index is -3.38. The van der Waals surface area contributed by atoms with Gasteiger partial charge in [-0.1, -0.05) is 51.1 Å². The maximum absolute atomic E-state index is 12.5. The van der Waals surface area contributed by atoms with Gasteiger partial charge in [-0.2, -0.15) is 4.31 Å². The zero-order chi connectivity index (χ0) is 18.4. The Balaban J connectivity index is 2.80. The first kappa shape index (κ1) is 21.3. The first-order chi connectivity index (χ1) is 11.0. The van der Waals surface area contributed by atoms with Crippen LogP contribution >= 0.6 is 0 Å². The molecule has 0 aliphatic heterocycles. The molecule has 0 saturated heterocycles. The first-order valence-corrected chi connectivity index (χ1v) is 12.9. The lowest BCUT2D eigenvalue weighted by atomic mass is 10.2. The molecular weight excluding hydrogens is 340 g/mol. The summed E-state index contributed by atoms with van der Waals surface area (Å²) in [6, 6.07) is 9.60. The summed E-state index contributed by atoms with van der Waals surface area (Å²) < 4.78 is 32.6. The zero-order valence-corrected chi connectivity index (χ0v) is 17.4. The van der Waals surface area contributed by atoms with Crippen molar-refractivity contribution in [2.45, 2.75) is 45.4 Å². The van der Waals surface area contributed by atoms with Crippen molar-refractivity contribution in [3.05, 3.63) is 35.9 Å². The van der Waals surface area contributed by atoms with E-state index in [4.69, 9.17) is 10.2 Å². The standard InChI is InChI=1S/C17H32N2O3SSi/c1-17(2,3)24(4,5)22-13-12-19(23(20,21)14-11-18)15-16-9-7-6-8-10-16/h6-10H,11-15,18H2,1-5H3. The summed E-state index contributed by atoms with van der Waals surface area (Å²) in [6.07, 6.45) is 0. The summed E-state index contributed by atoms with van der Waals surface area (Å²) in [7, 11) is -5.27. The van der Waals surface area contributed by atoms with Gasteiger partial charge in [-0.15, -0.1) is 0 Å². The Morgan fingerprint density at radius 3 is 2.25 bits per heavy atom. The quantitative estimate of drug-likeness (QED) is 0.677. The van der Waals surface area contributed by atoms with Crippen molar-refractivity contribution >= 4 is 18.3 Å². The minimum Gasteiger partial charge on any atom is -0.415 e.